The molecule has 1 rings (SSSR count). The van der Waals surface area contributed by atoms with Gasteiger partial charge < -0.3 is 4.74 Å². The molecule has 1 saturated carbocycles. The van der Waals surface area contributed by atoms with Crippen molar-refractivity contribution in [1.29, 1.82) is 0 Å². The Morgan fingerprint density at radius 1 is 1.60 bits per heavy atom. The lowest BCUT2D eigenvalue weighted by molar-refractivity contribution is 0.0707. The Labute approximate surface area is 63.1 Å². The molecule has 10 heavy (non-hydrogen) atoms. The van der Waals surface area contributed by atoms with E-state index in [1.165, 1.54) is 31.3 Å². The molecule has 0 aromatic rings. The largest absolute Gasteiger partial charge is 0.374 e. The molecule has 0 spiro atoms. The molecule has 1 atom stereocenters. The van der Waals surface area contributed by atoms with E-state index in [4.69, 9.17) is 4.74 Å². The summed E-state index contributed by atoms with van der Waals surface area (Å²) in [5.41, 5.74) is 1.30. The van der Waals surface area contributed by atoms with Gasteiger partial charge in [0.15, 0.2) is 0 Å². The van der Waals surface area contributed by atoms with E-state index in [0.717, 1.165) is 6.61 Å². The standard InChI is InChI=1S/C9H16O/c1-3-10-9-7-5-4-6-8(9)2/h9H,2-7H2,1H3. The molecule has 1 fully saturated rings. The van der Waals surface area contributed by atoms with E-state index in [9.17, 15) is 0 Å². The molecule has 0 N–H and O–H groups in total. The first kappa shape index (κ1) is 7.80. The van der Waals surface area contributed by atoms with Gasteiger partial charge in [0.2, 0.25) is 0 Å². The summed E-state index contributed by atoms with van der Waals surface area (Å²) in [7, 11) is 0. The SMILES string of the molecule is C=C1CCCCC1OCC. The van der Waals surface area contributed by atoms with Gasteiger partial charge in [0.25, 0.3) is 0 Å². The third-order valence-corrected chi connectivity index (χ3v) is 2.04. The van der Waals surface area contributed by atoms with Crippen molar-refractivity contribution >= 4 is 0 Å². The highest BCUT2D eigenvalue weighted by Gasteiger charge is 2.16. The van der Waals surface area contributed by atoms with Crippen LogP contribution in [0.15, 0.2) is 12.2 Å². The first-order chi connectivity index (χ1) is 4.84. The molecule has 0 aliphatic heterocycles. The van der Waals surface area contributed by atoms with Gasteiger partial charge in [-0.1, -0.05) is 13.0 Å². The molecule has 0 saturated heterocycles. The zero-order valence-corrected chi connectivity index (χ0v) is 6.73. The summed E-state index contributed by atoms with van der Waals surface area (Å²) in [6.07, 6.45) is 5.35. The van der Waals surface area contributed by atoms with Gasteiger partial charge in [-0.3, -0.25) is 0 Å². The highest BCUT2D eigenvalue weighted by atomic mass is 16.5. The van der Waals surface area contributed by atoms with Crippen LogP contribution in [0.3, 0.4) is 0 Å². The van der Waals surface area contributed by atoms with E-state index in [1.54, 1.807) is 0 Å². The monoisotopic (exact) mass is 140 g/mol. The molecule has 0 heterocycles. The molecule has 1 heteroatoms. The molecule has 1 unspecified atom stereocenters. The maximum absolute atomic E-state index is 5.50. The van der Waals surface area contributed by atoms with Gasteiger partial charge in [-0.15, -0.1) is 0 Å². The normalized spacial score (nSPS) is 26.9. The fourth-order valence-corrected chi connectivity index (χ4v) is 1.45. The van der Waals surface area contributed by atoms with Crippen molar-refractivity contribution in [2.24, 2.45) is 0 Å². The van der Waals surface area contributed by atoms with Crippen molar-refractivity contribution in [2.45, 2.75) is 38.7 Å². The quantitative estimate of drug-likeness (QED) is 0.535. The molecular formula is C9H16O. The Bertz CT molecular complexity index is 116. The Morgan fingerprint density at radius 2 is 2.40 bits per heavy atom. The molecule has 1 nitrogen and oxygen atoms in total. The van der Waals surface area contributed by atoms with Crippen LogP contribution < -0.4 is 0 Å². The third kappa shape index (κ3) is 1.84. The zero-order chi connectivity index (χ0) is 7.40. The average molecular weight is 140 g/mol. The minimum Gasteiger partial charge on any atom is -0.374 e. The van der Waals surface area contributed by atoms with Gasteiger partial charge in [-0.25, -0.2) is 0 Å². The minimum absolute atomic E-state index is 0.374. The molecule has 58 valence electrons. The van der Waals surface area contributed by atoms with Gasteiger partial charge in [-0.05, 0) is 31.8 Å². The minimum atomic E-state index is 0.374. The van der Waals surface area contributed by atoms with Gasteiger partial charge in [-0.2, -0.15) is 0 Å². The molecule has 0 amide bonds. The highest BCUT2D eigenvalue weighted by molar-refractivity contribution is 5.04. The summed E-state index contributed by atoms with van der Waals surface area (Å²) in [4.78, 5) is 0. The van der Waals surface area contributed by atoms with Gasteiger partial charge in [0.05, 0.1) is 6.10 Å². The summed E-state index contributed by atoms with van der Waals surface area (Å²) in [5.74, 6) is 0. The number of hydrogen-bond acceptors (Lipinski definition) is 1. The maximum Gasteiger partial charge on any atom is 0.0782 e. The van der Waals surface area contributed by atoms with Crippen molar-refractivity contribution in [3.05, 3.63) is 12.2 Å². The second-order valence-corrected chi connectivity index (χ2v) is 2.85. The first-order valence-electron chi connectivity index (χ1n) is 4.14. The van der Waals surface area contributed by atoms with E-state index >= 15 is 0 Å². The van der Waals surface area contributed by atoms with E-state index < -0.39 is 0 Å². The molecule has 1 aliphatic rings. The number of rotatable bonds is 2. The summed E-state index contributed by atoms with van der Waals surface area (Å²) in [6, 6.07) is 0. The third-order valence-electron chi connectivity index (χ3n) is 2.04. The molecular weight excluding hydrogens is 124 g/mol. The van der Waals surface area contributed by atoms with Crippen molar-refractivity contribution in [1.82, 2.24) is 0 Å². The van der Waals surface area contributed by atoms with Crippen LogP contribution in [-0.4, -0.2) is 12.7 Å². The smallest absolute Gasteiger partial charge is 0.0782 e. The van der Waals surface area contributed by atoms with Crippen LogP contribution in [0, 0.1) is 0 Å². The Kier molecular flexibility index (Phi) is 2.94. The van der Waals surface area contributed by atoms with Crippen LogP contribution >= 0.6 is 0 Å². The van der Waals surface area contributed by atoms with Crippen LogP contribution in [0.2, 0.25) is 0 Å². The van der Waals surface area contributed by atoms with Crippen LogP contribution in [0.4, 0.5) is 0 Å². The predicted molar refractivity (Wildman–Crippen MR) is 43.0 cm³/mol. The fourth-order valence-electron chi connectivity index (χ4n) is 1.45. The second kappa shape index (κ2) is 3.77. The maximum atomic E-state index is 5.50. The topological polar surface area (TPSA) is 9.23 Å². The van der Waals surface area contributed by atoms with Crippen molar-refractivity contribution in [3.8, 4) is 0 Å². The predicted octanol–water partition coefficient (Wildman–Crippen LogP) is 2.52. The van der Waals surface area contributed by atoms with Crippen molar-refractivity contribution in [3.63, 3.8) is 0 Å². The van der Waals surface area contributed by atoms with E-state index in [1.807, 2.05) is 6.92 Å². The van der Waals surface area contributed by atoms with E-state index in [0.29, 0.717) is 6.10 Å². The van der Waals surface area contributed by atoms with Crippen LogP contribution in [0.5, 0.6) is 0 Å². The summed E-state index contributed by atoms with van der Waals surface area (Å²) in [5, 5.41) is 0. The molecule has 0 aromatic carbocycles. The van der Waals surface area contributed by atoms with E-state index in [-0.39, 0.29) is 0 Å². The van der Waals surface area contributed by atoms with E-state index in [2.05, 4.69) is 6.58 Å². The average Bonchev–Trinajstić information content (AvgIpc) is 1.94. The Hall–Kier alpha value is -0.300. The number of ether oxygens (including phenoxy) is 1. The number of hydrogen-bond donors (Lipinski definition) is 0. The molecule has 0 radical (unpaired) electrons. The lowest BCUT2D eigenvalue weighted by Gasteiger charge is -2.23. The van der Waals surface area contributed by atoms with Gasteiger partial charge in [0, 0.05) is 6.61 Å². The Morgan fingerprint density at radius 3 is 3.00 bits per heavy atom. The second-order valence-electron chi connectivity index (χ2n) is 2.85. The van der Waals surface area contributed by atoms with Gasteiger partial charge >= 0.3 is 0 Å². The van der Waals surface area contributed by atoms with Crippen molar-refractivity contribution in [2.75, 3.05) is 6.61 Å². The molecule has 0 bridgehead atoms. The lowest BCUT2D eigenvalue weighted by Crippen LogP contribution is -2.18. The molecule has 1 aliphatic carbocycles. The van der Waals surface area contributed by atoms with Crippen LogP contribution in [0.1, 0.15) is 32.6 Å². The fraction of sp³-hybridized carbons (Fsp3) is 0.778. The van der Waals surface area contributed by atoms with Gasteiger partial charge in [0.1, 0.15) is 0 Å². The zero-order valence-electron chi connectivity index (χ0n) is 6.73. The van der Waals surface area contributed by atoms with Crippen LogP contribution in [-0.2, 0) is 4.74 Å². The molecule has 0 aromatic heterocycles. The Balaban J connectivity index is 2.32. The summed E-state index contributed by atoms with van der Waals surface area (Å²) in [6.45, 7) is 6.86. The first-order valence-corrected chi connectivity index (χ1v) is 4.14. The van der Waals surface area contributed by atoms with Crippen LogP contribution in [0.25, 0.3) is 0 Å². The summed E-state index contributed by atoms with van der Waals surface area (Å²) < 4.78 is 5.50. The van der Waals surface area contributed by atoms with Crippen molar-refractivity contribution < 1.29 is 4.74 Å². The lowest BCUT2D eigenvalue weighted by atomic mass is 9.93. The summed E-state index contributed by atoms with van der Waals surface area (Å²) >= 11 is 0. The highest BCUT2D eigenvalue weighted by Crippen LogP contribution is 2.24.